The van der Waals surface area contributed by atoms with E-state index in [4.69, 9.17) is 21.3 Å². The number of aromatic nitrogens is 2. The van der Waals surface area contributed by atoms with E-state index < -0.39 is 0 Å². The number of ether oxygens (including phenoxy) is 1. The average Bonchev–Trinajstić information content (AvgIpc) is 3.56. The third kappa shape index (κ3) is 6.08. The Labute approximate surface area is 201 Å². The molecule has 0 saturated carbocycles. The molecule has 0 spiro atoms. The molecule has 0 unspecified atom stereocenters. The molecular formula is C28H32ClN3O. The first-order valence-corrected chi connectivity index (χ1v) is 12.2. The summed E-state index contributed by atoms with van der Waals surface area (Å²) in [6, 6.07) is 14.4. The molecule has 0 fully saturated rings. The molecule has 2 N–H and O–H groups in total. The zero-order valence-corrected chi connectivity index (χ0v) is 20.2. The van der Waals surface area contributed by atoms with Gasteiger partial charge in [-0.2, -0.15) is 0 Å². The Bertz CT molecular complexity index is 1130. The second kappa shape index (κ2) is 11.2. The predicted octanol–water partition coefficient (Wildman–Crippen LogP) is 7.47. The van der Waals surface area contributed by atoms with Gasteiger partial charge in [-0.05, 0) is 66.8 Å². The molecule has 1 aliphatic heterocycles. The maximum Gasteiger partial charge on any atom is 0.146 e. The summed E-state index contributed by atoms with van der Waals surface area (Å²) in [6.07, 6.45) is 14.3. The van der Waals surface area contributed by atoms with Gasteiger partial charge < -0.3 is 14.7 Å². The summed E-state index contributed by atoms with van der Waals surface area (Å²) in [7, 11) is 1.69. The molecule has 33 heavy (non-hydrogen) atoms. The predicted molar refractivity (Wildman–Crippen MR) is 138 cm³/mol. The van der Waals surface area contributed by atoms with Crippen LogP contribution in [0.15, 0.2) is 71.2 Å². The Kier molecular flexibility index (Phi) is 7.90. The van der Waals surface area contributed by atoms with Crippen LogP contribution < -0.4 is 0 Å². The number of unbranched alkanes of at least 4 members (excludes halogenated alkanes) is 4. The molecule has 0 aliphatic carbocycles. The molecule has 2 aromatic heterocycles. The zero-order valence-electron chi connectivity index (χ0n) is 19.5. The number of nitrogens with one attached hydrogen (secondary N) is 2. The number of aliphatic imine (C=N–C) groups is 1. The monoisotopic (exact) mass is 461 g/mol. The van der Waals surface area contributed by atoms with Gasteiger partial charge in [-0.15, -0.1) is 0 Å². The lowest BCUT2D eigenvalue weighted by molar-refractivity contribution is 0.303. The third-order valence-corrected chi connectivity index (χ3v) is 6.24. The molecule has 0 amide bonds. The van der Waals surface area contributed by atoms with E-state index >= 15 is 0 Å². The summed E-state index contributed by atoms with van der Waals surface area (Å²) < 4.78 is 5.64. The number of benzene rings is 1. The first-order chi connectivity index (χ1) is 16.2. The second-order valence-corrected chi connectivity index (χ2v) is 8.96. The van der Waals surface area contributed by atoms with E-state index in [-0.39, 0.29) is 0 Å². The van der Waals surface area contributed by atoms with Crippen LogP contribution in [-0.2, 0) is 17.6 Å². The minimum absolute atomic E-state index is 0.759. The second-order valence-electron chi connectivity index (χ2n) is 8.52. The first-order valence-electron chi connectivity index (χ1n) is 11.8. The van der Waals surface area contributed by atoms with Crippen molar-refractivity contribution in [3.8, 4) is 0 Å². The van der Waals surface area contributed by atoms with Crippen LogP contribution in [0.1, 0.15) is 67.2 Å². The van der Waals surface area contributed by atoms with Crippen LogP contribution in [0.25, 0.3) is 6.08 Å². The fourth-order valence-electron chi connectivity index (χ4n) is 4.17. The fraction of sp³-hybridized carbons (Fsp3) is 0.321. The molecule has 3 aromatic rings. The van der Waals surface area contributed by atoms with E-state index in [0.29, 0.717) is 0 Å². The van der Waals surface area contributed by atoms with E-state index in [9.17, 15) is 0 Å². The lowest BCUT2D eigenvalue weighted by Crippen LogP contribution is -1.93. The van der Waals surface area contributed by atoms with Crippen molar-refractivity contribution in [1.29, 1.82) is 0 Å². The smallest absolute Gasteiger partial charge is 0.146 e. The molecule has 4 rings (SSSR count). The number of allylic oxidation sites excluding steroid dienone is 1. The maximum absolute atomic E-state index is 6.09. The van der Waals surface area contributed by atoms with Crippen LogP contribution >= 0.6 is 11.6 Å². The van der Waals surface area contributed by atoms with Crippen molar-refractivity contribution >= 4 is 23.4 Å². The number of H-pyrrole nitrogens is 2. The molecule has 3 heterocycles. The highest BCUT2D eigenvalue weighted by Gasteiger charge is 2.18. The van der Waals surface area contributed by atoms with Crippen molar-refractivity contribution in [2.24, 2.45) is 4.99 Å². The van der Waals surface area contributed by atoms with Crippen molar-refractivity contribution < 1.29 is 4.74 Å². The molecule has 0 radical (unpaired) electrons. The lowest BCUT2D eigenvalue weighted by Gasteiger charge is -2.04. The van der Waals surface area contributed by atoms with Gasteiger partial charge in [0.15, 0.2) is 0 Å². The molecule has 1 aliphatic rings. The van der Waals surface area contributed by atoms with Gasteiger partial charge in [0.25, 0.3) is 0 Å². The van der Waals surface area contributed by atoms with Crippen LogP contribution in [-0.4, -0.2) is 22.8 Å². The van der Waals surface area contributed by atoms with E-state index in [1.165, 1.54) is 48.9 Å². The van der Waals surface area contributed by atoms with Gasteiger partial charge in [-0.1, -0.05) is 56.3 Å². The van der Waals surface area contributed by atoms with E-state index in [0.717, 1.165) is 46.4 Å². The number of aromatic amines is 2. The number of methoxy groups -OCH3 is 1. The van der Waals surface area contributed by atoms with Crippen molar-refractivity contribution in [2.45, 2.75) is 51.9 Å². The van der Waals surface area contributed by atoms with Gasteiger partial charge in [-0.25, -0.2) is 4.99 Å². The van der Waals surface area contributed by atoms with Gasteiger partial charge in [-0.3, -0.25) is 0 Å². The standard InChI is InChI=1S/C28H32ClN3O/c1-3-4-5-6-7-9-23-17-21(16-20-11-13-22(29)14-12-20)25(31-23)18-27-28(33-2)19-26(32-27)24-10-8-15-30-24/h8,10-15,17-19,30-31H,3-7,9,16H2,1-2H3/b27-18-. The topological polar surface area (TPSA) is 53.2 Å². The number of nitrogens with zero attached hydrogens (tertiary/aromatic N) is 1. The van der Waals surface area contributed by atoms with E-state index in [1.807, 2.05) is 36.5 Å². The molecule has 0 saturated heterocycles. The molecule has 172 valence electrons. The molecular weight excluding hydrogens is 430 g/mol. The van der Waals surface area contributed by atoms with Crippen LogP contribution in [0.3, 0.4) is 0 Å². The first kappa shape index (κ1) is 23.2. The summed E-state index contributed by atoms with van der Waals surface area (Å²) in [6.45, 7) is 2.25. The molecule has 0 bridgehead atoms. The Balaban J connectivity index is 1.60. The highest BCUT2D eigenvalue weighted by Crippen LogP contribution is 2.27. The SMILES string of the molecule is CCCCCCCc1cc(Cc2ccc(Cl)cc2)c(/C=C2\N=C(c3ccc[nH]3)C=C2OC)[nH]1. The highest BCUT2D eigenvalue weighted by molar-refractivity contribution is 6.30. The summed E-state index contributed by atoms with van der Waals surface area (Å²) in [5.41, 5.74) is 7.54. The normalized spacial score (nSPS) is 14.6. The van der Waals surface area contributed by atoms with Crippen molar-refractivity contribution in [3.05, 3.63) is 99.4 Å². The van der Waals surface area contributed by atoms with Gasteiger partial charge >= 0.3 is 0 Å². The van der Waals surface area contributed by atoms with Gasteiger partial charge in [0.2, 0.25) is 0 Å². The van der Waals surface area contributed by atoms with Crippen molar-refractivity contribution in [3.63, 3.8) is 0 Å². The lowest BCUT2D eigenvalue weighted by atomic mass is 10.0. The fourth-order valence-corrected chi connectivity index (χ4v) is 4.30. The number of hydrogen-bond donors (Lipinski definition) is 2. The zero-order chi connectivity index (χ0) is 23.0. The quantitative estimate of drug-likeness (QED) is 0.286. The van der Waals surface area contributed by atoms with Crippen LogP contribution in [0.4, 0.5) is 0 Å². The summed E-state index contributed by atoms with van der Waals surface area (Å²) >= 11 is 6.09. The molecule has 0 atom stereocenters. The van der Waals surface area contributed by atoms with Crippen molar-refractivity contribution in [2.75, 3.05) is 7.11 Å². The van der Waals surface area contributed by atoms with Crippen LogP contribution in [0, 0.1) is 0 Å². The van der Waals surface area contributed by atoms with Gasteiger partial charge in [0, 0.05) is 28.7 Å². The minimum Gasteiger partial charge on any atom is -0.494 e. The van der Waals surface area contributed by atoms with E-state index in [1.54, 1.807) is 7.11 Å². The summed E-state index contributed by atoms with van der Waals surface area (Å²) in [4.78, 5) is 11.7. The third-order valence-electron chi connectivity index (χ3n) is 5.98. The summed E-state index contributed by atoms with van der Waals surface area (Å²) in [5.74, 6) is 0.771. The Hall–Kier alpha value is -2.98. The molecule has 1 aromatic carbocycles. The largest absolute Gasteiger partial charge is 0.494 e. The maximum atomic E-state index is 6.09. The van der Waals surface area contributed by atoms with Gasteiger partial charge in [0.05, 0.1) is 18.5 Å². The van der Waals surface area contributed by atoms with Crippen LogP contribution in [0.2, 0.25) is 5.02 Å². The average molecular weight is 462 g/mol. The Morgan fingerprint density at radius 3 is 2.61 bits per heavy atom. The van der Waals surface area contributed by atoms with Crippen molar-refractivity contribution in [1.82, 2.24) is 9.97 Å². The highest BCUT2D eigenvalue weighted by atomic mass is 35.5. The van der Waals surface area contributed by atoms with Crippen LogP contribution in [0.5, 0.6) is 0 Å². The minimum atomic E-state index is 0.759. The number of halogens is 1. The number of rotatable bonds is 11. The Morgan fingerprint density at radius 2 is 1.88 bits per heavy atom. The Morgan fingerprint density at radius 1 is 1.06 bits per heavy atom. The number of aryl methyl sites for hydroxylation is 1. The number of hydrogen-bond acceptors (Lipinski definition) is 2. The molecule has 5 heteroatoms. The summed E-state index contributed by atoms with van der Waals surface area (Å²) in [5, 5.41) is 0.759. The van der Waals surface area contributed by atoms with E-state index in [2.05, 4.69) is 41.2 Å². The molecule has 4 nitrogen and oxygen atoms in total. The van der Waals surface area contributed by atoms with Gasteiger partial charge in [0.1, 0.15) is 11.5 Å².